The highest BCUT2D eigenvalue weighted by molar-refractivity contribution is 5.77. The molecule has 34 heavy (non-hydrogen) atoms. The first-order valence-electron chi connectivity index (χ1n) is 9.90. The van der Waals surface area contributed by atoms with Crippen LogP contribution in [-0.2, 0) is 38.5 Å². The lowest BCUT2D eigenvalue weighted by molar-refractivity contribution is -0.126. The number of likely N-dealkylation sites (N-methyl/N-ethyl adjacent to an activating group) is 3. The molecule has 0 radical (unpaired) electrons. The first-order valence-corrected chi connectivity index (χ1v) is 9.90. The molecule has 206 valence electrons. The summed E-state index contributed by atoms with van der Waals surface area (Å²) in [6.07, 6.45) is 4.23. The van der Waals surface area contributed by atoms with Gasteiger partial charge in [-0.1, -0.05) is 25.4 Å². The summed E-state index contributed by atoms with van der Waals surface area (Å²) < 4.78 is 0. The van der Waals surface area contributed by atoms with Crippen molar-refractivity contribution in [3.63, 3.8) is 0 Å². The third-order valence-electron chi connectivity index (χ3n) is 1.64. The summed E-state index contributed by atoms with van der Waals surface area (Å²) >= 11 is 0. The van der Waals surface area contributed by atoms with E-state index in [1.807, 2.05) is 0 Å². The van der Waals surface area contributed by atoms with Crippen molar-refractivity contribution in [2.75, 3.05) is 48.0 Å². The number of amides is 3. The molecule has 15 heteroatoms. The highest BCUT2D eigenvalue weighted by atomic mass is 16.6. The van der Waals surface area contributed by atoms with Gasteiger partial charge in [0.05, 0.1) is 0 Å². The maximum absolute atomic E-state index is 10.4. The Morgan fingerprint density at radius 1 is 0.735 bits per heavy atom. The van der Waals surface area contributed by atoms with Gasteiger partial charge in [0.15, 0.2) is 6.61 Å². The monoisotopic (exact) mass is 501 g/mol. The van der Waals surface area contributed by atoms with Crippen molar-refractivity contribution in [1.29, 1.82) is 0 Å². The van der Waals surface area contributed by atoms with Gasteiger partial charge in [-0.2, -0.15) is 0 Å². The Morgan fingerprint density at radius 2 is 0.971 bits per heavy atom. The van der Waals surface area contributed by atoms with E-state index in [9.17, 15) is 14.4 Å². The summed E-state index contributed by atoms with van der Waals surface area (Å²) in [6, 6.07) is 0. The van der Waals surface area contributed by atoms with Crippen LogP contribution in [0.25, 0.3) is 0 Å². The predicted octanol–water partition coefficient (Wildman–Crippen LogP) is -1.60. The van der Waals surface area contributed by atoms with Crippen LogP contribution in [0.15, 0.2) is 5.16 Å². The van der Waals surface area contributed by atoms with Gasteiger partial charge in [-0.05, 0) is 27.8 Å². The number of nitrogens with zero attached hydrogens (tertiary/aromatic N) is 1. The second-order valence-corrected chi connectivity index (χ2v) is 4.46. The molecule has 0 aliphatic rings. The standard InChI is InChI=1S/C5H10N2O2.2C3H8N2O2.C3H8.2C2H4O.CH5N/c1-3-7-9-4-5(8)6-2;2*1-5-3(6)2-7-4;1-3-2;2*1-2-3;1-2/h3H,4H2,1-2H3,(H,6,8);2*2,4H2,1H3,(H,5,6);3H2,1-2H3;2*2H,1H3;2H2,1H3/b7-3+;;;;;;. The van der Waals surface area contributed by atoms with Gasteiger partial charge in [0, 0.05) is 27.4 Å². The molecule has 3 amide bonds. The van der Waals surface area contributed by atoms with Crippen LogP contribution in [0.5, 0.6) is 0 Å². The topological polar surface area (TPSA) is 240 Å². The molecule has 0 aliphatic carbocycles. The number of rotatable bonds is 7. The van der Waals surface area contributed by atoms with Crippen molar-refractivity contribution in [3.8, 4) is 0 Å². The quantitative estimate of drug-likeness (QED) is 0.132. The third kappa shape index (κ3) is 116. The van der Waals surface area contributed by atoms with Crippen molar-refractivity contribution >= 4 is 36.5 Å². The summed E-state index contributed by atoms with van der Waals surface area (Å²) in [5, 5.41) is 10.4. The fourth-order valence-electron chi connectivity index (χ4n) is 0.538. The number of carbonyl (C=O) groups is 5. The minimum Gasteiger partial charge on any atom is -0.386 e. The first kappa shape index (κ1) is 48.5. The minimum atomic E-state index is -0.220. The summed E-state index contributed by atoms with van der Waals surface area (Å²) in [5.41, 5.74) is 4.50. The van der Waals surface area contributed by atoms with Crippen molar-refractivity contribution in [2.24, 2.45) is 22.7 Å². The van der Waals surface area contributed by atoms with Crippen LogP contribution in [-0.4, -0.2) is 84.5 Å². The molecule has 0 spiro atoms. The minimum absolute atomic E-state index is 0.0131. The smallest absolute Gasteiger partial charge is 0.260 e. The van der Waals surface area contributed by atoms with Gasteiger partial charge in [-0.25, -0.2) is 11.8 Å². The fraction of sp³-hybridized carbons (Fsp3) is 0.684. The maximum Gasteiger partial charge on any atom is 0.260 e. The Bertz CT molecular complexity index is 417. The molecular weight excluding hydrogens is 454 g/mol. The summed E-state index contributed by atoms with van der Waals surface area (Å²) in [7, 11) is 6.07. The Morgan fingerprint density at radius 3 is 1.12 bits per heavy atom. The lowest BCUT2D eigenvalue weighted by atomic mass is 10.6. The first-order chi connectivity index (χ1) is 16.2. The van der Waals surface area contributed by atoms with Crippen molar-refractivity contribution in [3.05, 3.63) is 0 Å². The zero-order chi connectivity index (χ0) is 28.6. The number of nitrogens with two attached hydrogens (primary N) is 3. The largest absolute Gasteiger partial charge is 0.386 e. The van der Waals surface area contributed by atoms with E-state index in [1.54, 1.807) is 14.0 Å². The van der Waals surface area contributed by atoms with Crippen LogP contribution in [0, 0.1) is 0 Å². The van der Waals surface area contributed by atoms with E-state index in [-0.39, 0.29) is 37.5 Å². The van der Waals surface area contributed by atoms with E-state index >= 15 is 0 Å². The number of nitrogens with one attached hydrogen (secondary N) is 3. The highest BCUT2D eigenvalue weighted by Gasteiger charge is 1.93. The molecule has 0 unspecified atom stereocenters. The zero-order valence-corrected chi connectivity index (χ0v) is 22.0. The van der Waals surface area contributed by atoms with Crippen LogP contribution in [0.3, 0.4) is 0 Å². The van der Waals surface area contributed by atoms with Crippen LogP contribution < -0.4 is 33.5 Å². The number of hydrogen-bond donors (Lipinski definition) is 6. The van der Waals surface area contributed by atoms with E-state index in [0.29, 0.717) is 0 Å². The molecule has 15 nitrogen and oxygen atoms in total. The zero-order valence-electron chi connectivity index (χ0n) is 22.0. The average molecular weight is 502 g/mol. The molecule has 0 bridgehead atoms. The lowest BCUT2D eigenvalue weighted by Gasteiger charge is -1.94. The summed E-state index contributed by atoms with van der Waals surface area (Å²) in [5.74, 6) is 8.47. The molecule has 0 rings (SSSR count). The van der Waals surface area contributed by atoms with Crippen molar-refractivity contribution in [1.82, 2.24) is 16.0 Å². The van der Waals surface area contributed by atoms with E-state index in [1.165, 1.54) is 47.6 Å². The molecule has 0 fully saturated rings. The average Bonchev–Trinajstić information content (AvgIpc) is 2.83. The fourth-order valence-corrected chi connectivity index (χ4v) is 0.538. The van der Waals surface area contributed by atoms with Gasteiger partial charge in [-0.3, -0.25) is 24.1 Å². The molecule has 0 aromatic rings. The highest BCUT2D eigenvalue weighted by Crippen LogP contribution is 1.72. The van der Waals surface area contributed by atoms with Crippen LogP contribution in [0.1, 0.15) is 41.0 Å². The van der Waals surface area contributed by atoms with Crippen molar-refractivity contribution < 1.29 is 38.5 Å². The SMILES string of the molecule is C/C=N/OCC(=O)NC.CC=O.CC=O.CCC.CN.CNC(=O)CON.CNC(=O)CON. The van der Waals surface area contributed by atoms with Gasteiger partial charge in [0.1, 0.15) is 25.8 Å². The Hall–Kier alpha value is -2.98. The van der Waals surface area contributed by atoms with Crippen LogP contribution in [0.4, 0.5) is 0 Å². The number of hydrogen-bond acceptors (Lipinski definition) is 12. The predicted molar refractivity (Wildman–Crippen MR) is 132 cm³/mol. The molecule has 0 saturated heterocycles. The van der Waals surface area contributed by atoms with Crippen LogP contribution in [0.2, 0.25) is 0 Å². The Labute approximate surface area is 203 Å². The van der Waals surface area contributed by atoms with Crippen LogP contribution >= 0.6 is 0 Å². The Kier molecular flexibility index (Phi) is 89.9. The van der Waals surface area contributed by atoms with E-state index in [4.69, 9.17) is 9.59 Å². The normalized spacial score (nSPS) is 7.41. The second kappa shape index (κ2) is 63.1. The molecule has 0 aliphatic heterocycles. The molecule has 0 atom stereocenters. The summed E-state index contributed by atoms with van der Waals surface area (Å²) in [4.78, 5) is 60.6. The van der Waals surface area contributed by atoms with Gasteiger partial charge < -0.3 is 36.1 Å². The second-order valence-electron chi connectivity index (χ2n) is 4.46. The molecule has 9 N–H and O–H groups in total. The number of oxime groups is 1. The molecule has 0 aromatic heterocycles. The van der Waals surface area contributed by atoms with Gasteiger partial charge in [0.2, 0.25) is 11.8 Å². The molecule has 0 heterocycles. The van der Waals surface area contributed by atoms with E-state index in [2.05, 4.69) is 67.0 Å². The molecule has 0 aromatic carbocycles. The van der Waals surface area contributed by atoms with E-state index < -0.39 is 0 Å². The van der Waals surface area contributed by atoms with E-state index in [0.717, 1.165) is 12.6 Å². The summed E-state index contributed by atoms with van der Waals surface area (Å²) in [6.45, 7) is 8.69. The molecule has 0 saturated carbocycles. The number of carbonyl (C=O) groups excluding carboxylic acids is 5. The van der Waals surface area contributed by atoms with Gasteiger partial charge in [0.25, 0.3) is 5.91 Å². The Balaban J connectivity index is -0.0000000534. The van der Waals surface area contributed by atoms with Gasteiger partial charge >= 0.3 is 0 Å². The maximum atomic E-state index is 10.4. The third-order valence-corrected chi connectivity index (χ3v) is 1.64. The van der Waals surface area contributed by atoms with Crippen molar-refractivity contribution in [2.45, 2.75) is 41.0 Å². The number of aldehydes is 2. The molecular formula is C19H47N7O8. The van der Waals surface area contributed by atoms with Gasteiger partial charge in [-0.15, -0.1) is 0 Å². The lowest BCUT2D eigenvalue weighted by Crippen LogP contribution is -2.24.